The van der Waals surface area contributed by atoms with Crippen LogP contribution in [0.4, 0.5) is 0 Å². The average molecular weight is 333 g/mol. The summed E-state index contributed by atoms with van der Waals surface area (Å²) in [6, 6.07) is 0. The Labute approximate surface area is 140 Å². The van der Waals surface area contributed by atoms with E-state index in [9.17, 15) is 0 Å². The van der Waals surface area contributed by atoms with E-state index in [2.05, 4.69) is 25.5 Å². The van der Waals surface area contributed by atoms with Crippen LogP contribution in [0.25, 0.3) is 0 Å². The van der Waals surface area contributed by atoms with E-state index in [4.69, 9.17) is 9.72 Å². The minimum Gasteiger partial charge on any atom is -0.367 e. The first-order valence-corrected chi connectivity index (χ1v) is 9.33. The van der Waals surface area contributed by atoms with Gasteiger partial charge in [0.1, 0.15) is 11.9 Å². The van der Waals surface area contributed by atoms with Crippen LogP contribution >= 0.6 is 11.3 Å². The normalized spacial score (nSPS) is 23.6. The van der Waals surface area contributed by atoms with E-state index in [1.165, 1.54) is 36.4 Å². The fourth-order valence-electron chi connectivity index (χ4n) is 3.49. The predicted octanol–water partition coefficient (Wildman–Crippen LogP) is 2.80. The van der Waals surface area contributed by atoms with Gasteiger partial charge in [-0.1, -0.05) is 12.8 Å². The van der Waals surface area contributed by atoms with Crippen LogP contribution in [0.2, 0.25) is 0 Å². The van der Waals surface area contributed by atoms with Gasteiger partial charge in [-0.3, -0.25) is 10.00 Å². The van der Waals surface area contributed by atoms with Crippen LogP contribution in [0, 0.1) is 6.92 Å². The summed E-state index contributed by atoms with van der Waals surface area (Å²) in [5.41, 5.74) is 1.20. The monoisotopic (exact) mass is 333 g/mol. The SMILES string of the molecule is Cc1nc([C@H]2CN(Cc3csc(C4CCCC4)n3)CCO2)n[nH]1. The van der Waals surface area contributed by atoms with Crippen molar-refractivity contribution in [2.24, 2.45) is 0 Å². The van der Waals surface area contributed by atoms with Gasteiger partial charge in [0.25, 0.3) is 0 Å². The number of aromatic amines is 1. The second kappa shape index (κ2) is 6.67. The predicted molar refractivity (Wildman–Crippen MR) is 88.4 cm³/mol. The number of aromatic nitrogens is 4. The third kappa shape index (κ3) is 3.46. The van der Waals surface area contributed by atoms with Gasteiger partial charge in [-0.2, -0.15) is 5.10 Å². The molecule has 2 aromatic heterocycles. The third-order valence-electron chi connectivity index (χ3n) is 4.71. The third-order valence-corrected chi connectivity index (χ3v) is 5.77. The van der Waals surface area contributed by atoms with Gasteiger partial charge in [-0.25, -0.2) is 9.97 Å². The summed E-state index contributed by atoms with van der Waals surface area (Å²) in [5.74, 6) is 2.31. The Balaban J connectivity index is 1.38. The molecular formula is C16H23N5OS. The molecule has 1 saturated carbocycles. The summed E-state index contributed by atoms with van der Waals surface area (Å²) < 4.78 is 5.83. The molecule has 0 spiro atoms. The number of hydrogen-bond donors (Lipinski definition) is 1. The van der Waals surface area contributed by atoms with Crippen LogP contribution < -0.4 is 0 Å². The molecule has 2 aromatic rings. The number of nitrogens with zero attached hydrogens (tertiary/aromatic N) is 4. The molecule has 1 aliphatic carbocycles. The summed E-state index contributed by atoms with van der Waals surface area (Å²) in [6.45, 7) is 5.30. The first-order valence-electron chi connectivity index (χ1n) is 8.45. The molecule has 3 heterocycles. The van der Waals surface area contributed by atoms with Crippen molar-refractivity contribution >= 4 is 11.3 Å². The van der Waals surface area contributed by atoms with Crippen molar-refractivity contribution in [1.82, 2.24) is 25.1 Å². The van der Waals surface area contributed by atoms with E-state index in [0.717, 1.165) is 37.9 Å². The zero-order valence-corrected chi connectivity index (χ0v) is 14.3. The summed E-state index contributed by atoms with van der Waals surface area (Å²) in [4.78, 5) is 11.7. The fraction of sp³-hybridized carbons (Fsp3) is 0.688. The van der Waals surface area contributed by atoms with Gasteiger partial charge in [-0.15, -0.1) is 11.3 Å². The molecule has 0 aromatic carbocycles. The quantitative estimate of drug-likeness (QED) is 0.932. The van der Waals surface area contributed by atoms with Crippen LogP contribution in [0.15, 0.2) is 5.38 Å². The standard InChI is InChI=1S/C16H23N5OS/c1-11-17-15(20-19-11)14-9-21(6-7-22-14)8-13-10-23-16(18-13)12-4-2-3-5-12/h10,12,14H,2-9H2,1H3,(H,17,19,20)/t14-/m1/s1. The Kier molecular flexibility index (Phi) is 4.41. The maximum atomic E-state index is 5.83. The van der Waals surface area contributed by atoms with Crippen molar-refractivity contribution in [3.8, 4) is 0 Å². The van der Waals surface area contributed by atoms with E-state index in [-0.39, 0.29) is 6.10 Å². The Morgan fingerprint density at radius 1 is 1.35 bits per heavy atom. The van der Waals surface area contributed by atoms with Gasteiger partial charge in [0.15, 0.2) is 5.82 Å². The lowest BCUT2D eigenvalue weighted by Gasteiger charge is -2.31. The van der Waals surface area contributed by atoms with Gasteiger partial charge >= 0.3 is 0 Å². The van der Waals surface area contributed by atoms with Crippen molar-refractivity contribution in [3.63, 3.8) is 0 Å². The first-order chi connectivity index (χ1) is 11.3. The van der Waals surface area contributed by atoms with Crippen molar-refractivity contribution in [1.29, 1.82) is 0 Å². The largest absolute Gasteiger partial charge is 0.367 e. The van der Waals surface area contributed by atoms with E-state index in [0.29, 0.717) is 5.92 Å². The van der Waals surface area contributed by atoms with Crippen LogP contribution in [0.3, 0.4) is 0 Å². The molecule has 1 atom stereocenters. The lowest BCUT2D eigenvalue weighted by molar-refractivity contribution is -0.0373. The minimum absolute atomic E-state index is 0.0401. The second-order valence-corrected chi connectivity index (χ2v) is 7.42. The van der Waals surface area contributed by atoms with E-state index >= 15 is 0 Å². The highest BCUT2D eigenvalue weighted by Crippen LogP contribution is 2.35. The number of hydrogen-bond acceptors (Lipinski definition) is 6. The van der Waals surface area contributed by atoms with Crippen molar-refractivity contribution in [2.75, 3.05) is 19.7 Å². The van der Waals surface area contributed by atoms with Crippen molar-refractivity contribution in [2.45, 2.75) is 51.2 Å². The molecule has 124 valence electrons. The highest BCUT2D eigenvalue weighted by Gasteiger charge is 2.26. The molecule has 0 unspecified atom stereocenters. The topological polar surface area (TPSA) is 66.9 Å². The molecule has 2 aliphatic rings. The first kappa shape index (κ1) is 15.2. The van der Waals surface area contributed by atoms with Crippen molar-refractivity contribution < 1.29 is 4.74 Å². The minimum atomic E-state index is -0.0401. The molecular weight excluding hydrogens is 310 g/mol. The lowest BCUT2D eigenvalue weighted by atomic mass is 10.1. The molecule has 0 bridgehead atoms. The summed E-state index contributed by atoms with van der Waals surface area (Å²) in [5, 5.41) is 10.7. The maximum absolute atomic E-state index is 5.83. The van der Waals surface area contributed by atoms with E-state index < -0.39 is 0 Å². The number of aryl methyl sites for hydroxylation is 1. The second-order valence-electron chi connectivity index (χ2n) is 6.53. The van der Waals surface area contributed by atoms with Crippen molar-refractivity contribution in [3.05, 3.63) is 27.7 Å². The zero-order chi connectivity index (χ0) is 15.6. The molecule has 1 aliphatic heterocycles. The highest BCUT2D eigenvalue weighted by atomic mass is 32.1. The van der Waals surface area contributed by atoms with Crippen LogP contribution in [-0.2, 0) is 11.3 Å². The average Bonchev–Trinajstić information content (AvgIpc) is 3.28. The molecule has 0 radical (unpaired) electrons. The Bertz CT molecular complexity index is 648. The fourth-order valence-corrected chi connectivity index (χ4v) is 4.47. The van der Waals surface area contributed by atoms with Gasteiger partial charge < -0.3 is 4.74 Å². The van der Waals surface area contributed by atoms with Crippen LogP contribution in [-0.4, -0.2) is 44.8 Å². The Morgan fingerprint density at radius 2 is 2.22 bits per heavy atom. The van der Waals surface area contributed by atoms with Gasteiger partial charge in [0.2, 0.25) is 0 Å². The Morgan fingerprint density at radius 3 is 3.00 bits per heavy atom. The number of nitrogens with one attached hydrogen (secondary N) is 1. The smallest absolute Gasteiger partial charge is 0.180 e. The molecule has 1 N–H and O–H groups in total. The number of thiazole rings is 1. The zero-order valence-electron chi connectivity index (χ0n) is 13.5. The molecule has 1 saturated heterocycles. The summed E-state index contributed by atoms with van der Waals surface area (Å²) in [6.07, 6.45) is 5.32. The number of morpholine rings is 1. The van der Waals surface area contributed by atoms with Gasteiger partial charge in [0.05, 0.1) is 17.3 Å². The molecule has 6 nitrogen and oxygen atoms in total. The number of rotatable bonds is 4. The molecule has 7 heteroatoms. The van der Waals surface area contributed by atoms with Crippen LogP contribution in [0.1, 0.15) is 60.1 Å². The number of ether oxygens (including phenoxy) is 1. The van der Waals surface area contributed by atoms with E-state index in [1.807, 2.05) is 18.3 Å². The lowest BCUT2D eigenvalue weighted by Crippen LogP contribution is -2.38. The molecule has 2 fully saturated rings. The van der Waals surface area contributed by atoms with Gasteiger partial charge in [0, 0.05) is 30.9 Å². The van der Waals surface area contributed by atoms with Crippen LogP contribution in [0.5, 0.6) is 0 Å². The summed E-state index contributed by atoms with van der Waals surface area (Å²) >= 11 is 1.84. The molecule has 0 amide bonds. The highest BCUT2D eigenvalue weighted by molar-refractivity contribution is 7.09. The number of H-pyrrole nitrogens is 1. The van der Waals surface area contributed by atoms with Gasteiger partial charge in [-0.05, 0) is 19.8 Å². The Hall–Kier alpha value is -1.31. The maximum Gasteiger partial charge on any atom is 0.180 e. The molecule has 23 heavy (non-hydrogen) atoms. The van der Waals surface area contributed by atoms with E-state index in [1.54, 1.807) is 0 Å². The summed E-state index contributed by atoms with van der Waals surface area (Å²) in [7, 11) is 0. The molecule has 4 rings (SSSR count).